The predicted molar refractivity (Wildman–Crippen MR) is 90.0 cm³/mol. The summed E-state index contributed by atoms with van der Waals surface area (Å²) in [5.41, 5.74) is 5.13. The average Bonchev–Trinajstić information content (AvgIpc) is 2.90. The molecule has 2 aromatic rings. The predicted octanol–water partition coefficient (Wildman–Crippen LogP) is 2.93. The normalized spacial score (nSPS) is 16.9. The third kappa shape index (κ3) is 2.30. The molecular formula is C18H18N4O. The van der Waals surface area contributed by atoms with Crippen LogP contribution in [0, 0.1) is 0 Å². The van der Waals surface area contributed by atoms with Crippen LogP contribution in [0.2, 0.25) is 0 Å². The van der Waals surface area contributed by atoms with Crippen molar-refractivity contribution in [2.24, 2.45) is 7.05 Å². The van der Waals surface area contributed by atoms with E-state index in [0.717, 1.165) is 22.4 Å². The van der Waals surface area contributed by atoms with E-state index >= 15 is 0 Å². The summed E-state index contributed by atoms with van der Waals surface area (Å²) in [5, 5.41) is 8.46. The van der Waals surface area contributed by atoms with Crippen LogP contribution in [0.15, 0.2) is 55.3 Å². The van der Waals surface area contributed by atoms with Crippen molar-refractivity contribution in [1.82, 2.24) is 19.9 Å². The number of rotatable bonds is 2. The van der Waals surface area contributed by atoms with Gasteiger partial charge in [-0.3, -0.25) is 4.79 Å². The lowest BCUT2D eigenvalue weighted by Crippen LogP contribution is -2.28. The molecule has 0 unspecified atom stereocenters. The second-order valence-corrected chi connectivity index (χ2v) is 5.38. The lowest BCUT2D eigenvalue weighted by Gasteiger charge is -2.27. The summed E-state index contributed by atoms with van der Waals surface area (Å²) in [6.07, 6.45) is 3.37. The van der Waals surface area contributed by atoms with Gasteiger partial charge in [0.2, 0.25) is 5.91 Å². The molecule has 3 rings (SSSR count). The lowest BCUT2D eigenvalue weighted by atomic mass is 9.95. The molecule has 0 fully saturated rings. The fourth-order valence-electron chi connectivity index (χ4n) is 2.95. The number of allylic oxidation sites excluding steroid dienone is 3. The quantitative estimate of drug-likeness (QED) is 0.857. The van der Waals surface area contributed by atoms with Gasteiger partial charge in [-0.05, 0) is 11.6 Å². The molecule has 0 N–H and O–H groups in total. The van der Waals surface area contributed by atoms with Crippen molar-refractivity contribution in [2.75, 3.05) is 0 Å². The number of amides is 1. The lowest BCUT2D eigenvalue weighted by molar-refractivity contribution is -0.127. The molecule has 23 heavy (non-hydrogen) atoms. The molecule has 0 saturated heterocycles. The second-order valence-electron chi connectivity index (χ2n) is 5.38. The van der Waals surface area contributed by atoms with Crippen LogP contribution in [-0.2, 0) is 18.4 Å². The molecule has 1 aromatic carbocycles. The Kier molecular flexibility index (Phi) is 3.70. The van der Waals surface area contributed by atoms with E-state index in [2.05, 4.69) is 23.5 Å². The zero-order chi connectivity index (χ0) is 16.6. The summed E-state index contributed by atoms with van der Waals surface area (Å²) in [6, 6.07) is 7.98. The van der Waals surface area contributed by atoms with Gasteiger partial charge in [0.05, 0.1) is 17.9 Å². The molecule has 2 heterocycles. The Bertz CT molecular complexity index is 844. The van der Waals surface area contributed by atoms with E-state index in [1.54, 1.807) is 28.7 Å². The van der Waals surface area contributed by atoms with E-state index in [-0.39, 0.29) is 5.91 Å². The number of aryl methyl sites for hydroxylation is 1. The van der Waals surface area contributed by atoms with E-state index < -0.39 is 0 Å². The van der Waals surface area contributed by atoms with Gasteiger partial charge in [0.1, 0.15) is 5.69 Å². The topological polar surface area (TPSA) is 51.0 Å². The first-order valence-corrected chi connectivity index (χ1v) is 7.34. The molecule has 0 spiro atoms. The molecule has 1 aliphatic heterocycles. The minimum Gasteiger partial charge on any atom is -0.308 e. The van der Waals surface area contributed by atoms with Gasteiger partial charge in [-0.1, -0.05) is 48.7 Å². The molecule has 0 atom stereocenters. The number of carbonyl (C=O) groups is 1. The monoisotopic (exact) mass is 306 g/mol. The van der Waals surface area contributed by atoms with Crippen molar-refractivity contribution in [3.8, 4) is 11.3 Å². The van der Waals surface area contributed by atoms with Crippen molar-refractivity contribution in [3.05, 3.63) is 66.5 Å². The van der Waals surface area contributed by atoms with Crippen molar-refractivity contribution in [3.63, 3.8) is 0 Å². The first kappa shape index (κ1) is 15.0. The van der Waals surface area contributed by atoms with Crippen LogP contribution in [0.4, 0.5) is 0 Å². The Hall–Kier alpha value is -2.95. The Balaban J connectivity index is 2.42. The molecule has 0 saturated carbocycles. The van der Waals surface area contributed by atoms with Crippen molar-refractivity contribution >= 4 is 11.5 Å². The Labute approximate surface area is 135 Å². The van der Waals surface area contributed by atoms with E-state index in [1.807, 2.05) is 31.3 Å². The largest absolute Gasteiger partial charge is 0.308 e. The van der Waals surface area contributed by atoms with Gasteiger partial charge in [0.25, 0.3) is 0 Å². The van der Waals surface area contributed by atoms with Crippen LogP contribution in [0.25, 0.3) is 16.8 Å². The summed E-state index contributed by atoms with van der Waals surface area (Å²) in [4.78, 5) is 13.9. The minimum absolute atomic E-state index is 0.0543. The zero-order valence-corrected chi connectivity index (χ0v) is 13.3. The molecule has 5 heteroatoms. The van der Waals surface area contributed by atoms with E-state index in [9.17, 15) is 4.79 Å². The highest BCUT2D eigenvalue weighted by atomic mass is 16.2. The highest BCUT2D eigenvalue weighted by Crippen LogP contribution is 2.36. The number of aromatic nitrogens is 3. The average molecular weight is 306 g/mol. The highest BCUT2D eigenvalue weighted by Gasteiger charge is 2.26. The van der Waals surface area contributed by atoms with Crippen LogP contribution in [0.1, 0.15) is 18.2 Å². The molecule has 1 aliphatic rings. The number of carbonyl (C=O) groups excluding carboxylic acids is 1. The number of hydrogen-bond acceptors (Lipinski definition) is 3. The molecule has 0 radical (unpaired) electrons. The van der Waals surface area contributed by atoms with Crippen molar-refractivity contribution in [1.29, 1.82) is 0 Å². The Morgan fingerprint density at radius 1 is 1.26 bits per heavy atom. The molecule has 5 nitrogen and oxygen atoms in total. The summed E-state index contributed by atoms with van der Waals surface area (Å²) in [6.45, 7) is 9.78. The van der Waals surface area contributed by atoms with Gasteiger partial charge >= 0.3 is 0 Å². The van der Waals surface area contributed by atoms with E-state index in [4.69, 9.17) is 0 Å². The zero-order valence-electron chi connectivity index (χ0n) is 13.3. The summed E-state index contributed by atoms with van der Waals surface area (Å²) in [5.74, 6) is -0.0543. The van der Waals surface area contributed by atoms with Crippen LogP contribution >= 0.6 is 0 Å². The number of hydrogen-bond donors (Lipinski definition) is 0. The van der Waals surface area contributed by atoms with Gasteiger partial charge in [-0.2, -0.15) is 0 Å². The maximum absolute atomic E-state index is 12.2. The van der Waals surface area contributed by atoms with Gasteiger partial charge in [-0.15, -0.1) is 5.10 Å². The highest BCUT2D eigenvalue weighted by molar-refractivity contribution is 5.89. The fraction of sp³-hybridized carbons (Fsp3) is 0.167. The van der Waals surface area contributed by atoms with Crippen molar-refractivity contribution < 1.29 is 4.79 Å². The van der Waals surface area contributed by atoms with Gasteiger partial charge in [-0.25, -0.2) is 4.68 Å². The molecule has 0 aliphatic carbocycles. The minimum atomic E-state index is -0.0543. The van der Waals surface area contributed by atoms with Crippen LogP contribution in [0.5, 0.6) is 0 Å². The first-order valence-electron chi connectivity index (χ1n) is 7.34. The fourth-order valence-corrected chi connectivity index (χ4v) is 2.95. The van der Waals surface area contributed by atoms with Crippen LogP contribution < -0.4 is 0 Å². The summed E-state index contributed by atoms with van der Waals surface area (Å²) >= 11 is 0. The van der Waals surface area contributed by atoms with Crippen LogP contribution in [0.3, 0.4) is 0 Å². The molecule has 116 valence electrons. The van der Waals surface area contributed by atoms with E-state index in [0.29, 0.717) is 17.9 Å². The van der Waals surface area contributed by atoms with E-state index in [1.165, 1.54) is 0 Å². The van der Waals surface area contributed by atoms with Gasteiger partial charge < -0.3 is 4.90 Å². The molecule has 0 bridgehead atoms. The second kappa shape index (κ2) is 5.68. The first-order chi connectivity index (χ1) is 11.1. The third-order valence-corrected chi connectivity index (χ3v) is 4.03. The van der Waals surface area contributed by atoms with Gasteiger partial charge in [0, 0.05) is 25.1 Å². The van der Waals surface area contributed by atoms with Gasteiger partial charge in [0.15, 0.2) is 0 Å². The summed E-state index contributed by atoms with van der Waals surface area (Å²) in [7, 11) is 1.86. The summed E-state index contributed by atoms with van der Waals surface area (Å²) < 4.78 is 1.75. The Morgan fingerprint density at radius 3 is 2.65 bits per heavy atom. The number of nitrogens with zero attached hydrogens (tertiary/aromatic N) is 4. The SMILES string of the molecule is C=C/C1=C(\C=C)N(C(C)=O)Cc2ccccc2-c2c1nnn2C. The number of fused-ring (bicyclic) bond motifs is 3. The third-order valence-electron chi connectivity index (χ3n) is 4.03. The molecule has 1 aromatic heterocycles. The standard InChI is InChI=1S/C18H18N4O/c1-5-14-16(6-2)22(12(3)23)11-13-9-7-8-10-15(13)18-17(14)19-20-21(18)4/h5-10H,1-2,11H2,3-4H3/b16-14-. The molecule has 1 amide bonds. The Morgan fingerprint density at radius 2 is 2.00 bits per heavy atom. The van der Waals surface area contributed by atoms with Crippen molar-refractivity contribution in [2.45, 2.75) is 13.5 Å². The smallest absolute Gasteiger partial charge is 0.224 e. The molecular weight excluding hydrogens is 288 g/mol. The number of benzene rings is 1. The van der Waals surface area contributed by atoms with Crippen LogP contribution in [-0.4, -0.2) is 25.8 Å². The maximum Gasteiger partial charge on any atom is 0.224 e. The maximum atomic E-state index is 12.2.